The average molecular weight is 357 g/mol. The zero-order chi connectivity index (χ0) is 18.7. The normalized spacial score (nSPS) is 20.8. The first-order valence-electron chi connectivity index (χ1n) is 8.94. The maximum Gasteiger partial charge on any atom is 0.132 e. The van der Waals surface area contributed by atoms with Crippen LogP contribution in [0.4, 0.5) is 5.69 Å². The number of hydrogen-bond acceptors (Lipinski definition) is 5. The molecule has 0 saturated heterocycles. The van der Waals surface area contributed by atoms with Gasteiger partial charge in [-0.05, 0) is 56.7 Å². The van der Waals surface area contributed by atoms with Crippen molar-refractivity contribution in [3.05, 3.63) is 53.6 Å². The summed E-state index contributed by atoms with van der Waals surface area (Å²) in [6.07, 6.45) is -1.14. The summed E-state index contributed by atoms with van der Waals surface area (Å²) < 4.78 is 17.1. The Hall–Kier alpha value is -2.24. The van der Waals surface area contributed by atoms with Gasteiger partial charge in [0.05, 0.1) is 7.11 Å². The van der Waals surface area contributed by atoms with Gasteiger partial charge in [0.2, 0.25) is 0 Å². The van der Waals surface area contributed by atoms with E-state index in [1.807, 2.05) is 63.2 Å². The van der Waals surface area contributed by atoms with Gasteiger partial charge in [-0.1, -0.05) is 12.1 Å². The standard InChI is InChI=1S/C21H27NO4/c1-5-25-19-17-12-15(9-10-18(17)26-21(2,3)20(19)23)22-13-14-7-6-8-16(11-14)24-4/h6-12,19-20,22-23H,5,13H2,1-4H3/t19-,20+/m1/s1. The van der Waals surface area contributed by atoms with Crippen molar-refractivity contribution in [3.8, 4) is 11.5 Å². The number of nitrogens with one attached hydrogen (secondary N) is 1. The average Bonchev–Trinajstić information content (AvgIpc) is 2.64. The number of aliphatic hydroxyl groups excluding tert-OH is 1. The third-order valence-electron chi connectivity index (χ3n) is 4.67. The summed E-state index contributed by atoms with van der Waals surface area (Å²) in [7, 11) is 1.66. The Balaban J connectivity index is 1.81. The summed E-state index contributed by atoms with van der Waals surface area (Å²) in [6, 6.07) is 13.9. The summed E-state index contributed by atoms with van der Waals surface area (Å²) in [5.41, 5.74) is 2.25. The molecule has 26 heavy (non-hydrogen) atoms. The van der Waals surface area contributed by atoms with Crippen molar-refractivity contribution in [1.82, 2.24) is 0 Å². The SMILES string of the molecule is CCO[C@@H]1c2cc(NCc3cccc(OC)c3)ccc2OC(C)(C)[C@H]1O. The van der Waals surface area contributed by atoms with Crippen molar-refractivity contribution < 1.29 is 19.3 Å². The molecule has 2 N–H and O–H groups in total. The van der Waals surface area contributed by atoms with Gasteiger partial charge in [0, 0.05) is 24.4 Å². The summed E-state index contributed by atoms with van der Waals surface area (Å²) in [5, 5.41) is 14.1. The zero-order valence-corrected chi connectivity index (χ0v) is 15.8. The van der Waals surface area contributed by atoms with E-state index in [9.17, 15) is 5.11 Å². The molecule has 0 aromatic heterocycles. The number of ether oxygens (including phenoxy) is 3. The van der Waals surface area contributed by atoms with Gasteiger partial charge in [-0.3, -0.25) is 0 Å². The maximum absolute atomic E-state index is 10.6. The topological polar surface area (TPSA) is 60.0 Å². The molecule has 5 heteroatoms. The summed E-state index contributed by atoms with van der Waals surface area (Å²) >= 11 is 0. The highest BCUT2D eigenvalue weighted by atomic mass is 16.5. The molecule has 2 atom stereocenters. The fourth-order valence-corrected chi connectivity index (χ4v) is 3.20. The minimum atomic E-state index is -0.733. The van der Waals surface area contributed by atoms with Crippen LogP contribution in [0.2, 0.25) is 0 Å². The Morgan fingerprint density at radius 1 is 1.19 bits per heavy atom. The van der Waals surface area contributed by atoms with Gasteiger partial charge >= 0.3 is 0 Å². The number of aliphatic hydroxyl groups is 1. The lowest BCUT2D eigenvalue weighted by atomic mass is 9.88. The van der Waals surface area contributed by atoms with Crippen LogP contribution in [0.15, 0.2) is 42.5 Å². The number of anilines is 1. The molecular formula is C21H27NO4. The minimum absolute atomic E-state index is 0.405. The first-order chi connectivity index (χ1) is 12.4. The molecule has 0 amide bonds. The van der Waals surface area contributed by atoms with Gasteiger partial charge in [-0.15, -0.1) is 0 Å². The monoisotopic (exact) mass is 357 g/mol. The molecular weight excluding hydrogens is 330 g/mol. The Labute approximate surface area is 154 Å². The molecule has 1 aliphatic rings. The van der Waals surface area contributed by atoms with E-state index >= 15 is 0 Å². The highest BCUT2D eigenvalue weighted by Crippen LogP contribution is 2.42. The minimum Gasteiger partial charge on any atom is -0.497 e. The maximum atomic E-state index is 10.6. The second kappa shape index (κ2) is 7.56. The van der Waals surface area contributed by atoms with Crippen LogP contribution < -0.4 is 14.8 Å². The third-order valence-corrected chi connectivity index (χ3v) is 4.67. The van der Waals surface area contributed by atoms with Gasteiger partial charge in [0.15, 0.2) is 0 Å². The van der Waals surface area contributed by atoms with Crippen LogP contribution in [0.1, 0.15) is 38.0 Å². The molecule has 0 radical (unpaired) electrons. The largest absolute Gasteiger partial charge is 0.497 e. The fraction of sp³-hybridized carbons (Fsp3) is 0.429. The van der Waals surface area contributed by atoms with Crippen molar-refractivity contribution >= 4 is 5.69 Å². The molecule has 0 fully saturated rings. The van der Waals surface area contributed by atoms with E-state index in [2.05, 4.69) is 5.32 Å². The second-order valence-electron chi connectivity index (χ2n) is 6.98. The van der Waals surface area contributed by atoms with E-state index in [1.165, 1.54) is 0 Å². The predicted molar refractivity (Wildman–Crippen MR) is 102 cm³/mol. The van der Waals surface area contributed by atoms with E-state index in [0.717, 1.165) is 28.3 Å². The quantitative estimate of drug-likeness (QED) is 0.821. The number of fused-ring (bicyclic) bond motifs is 1. The molecule has 1 aliphatic heterocycles. The number of rotatable bonds is 6. The molecule has 0 aliphatic carbocycles. The molecule has 0 bridgehead atoms. The lowest BCUT2D eigenvalue weighted by Gasteiger charge is -2.41. The Morgan fingerprint density at radius 2 is 2.00 bits per heavy atom. The van der Waals surface area contributed by atoms with E-state index in [-0.39, 0.29) is 0 Å². The number of hydrogen-bond donors (Lipinski definition) is 2. The van der Waals surface area contributed by atoms with Crippen molar-refractivity contribution in [2.24, 2.45) is 0 Å². The highest BCUT2D eigenvalue weighted by molar-refractivity contribution is 5.54. The predicted octanol–water partition coefficient (Wildman–Crippen LogP) is 3.92. The highest BCUT2D eigenvalue weighted by Gasteiger charge is 2.43. The smallest absolute Gasteiger partial charge is 0.132 e. The van der Waals surface area contributed by atoms with Gasteiger partial charge in [0.1, 0.15) is 29.3 Å². The van der Waals surface area contributed by atoms with Gasteiger partial charge in [0.25, 0.3) is 0 Å². The van der Waals surface area contributed by atoms with Crippen molar-refractivity contribution in [3.63, 3.8) is 0 Å². The number of methoxy groups -OCH3 is 1. The second-order valence-corrected chi connectivity index (χ2v) is 6.98. The van der Waals surface area contributed by atoms with E-state index < -0.39 is 17.8 Å². The first-order valence-corrected chi connectivity index (χ1v) is 8.94. The molecule has 0 spiro atoms. The summed E-state index contributed by atoms with van der Waals surface area (Å²) in [5.74, 6) is 1.59. The van der Waals surface area contributed by atoms with Gasteiger partial charge < -0.3 is 24.6 Å². The summed E-state index contributed by atoms with van der Waals surface area (Å²) in [4.78, 5) is 0. The molecule has 0 unspecified atom stereocenters. The van der Waals surface area contributed by atoms with E-state index in [0.29, 0.717) is 13.2 Å². The van der Waals surface area contributed by atoms with E-state index in [4.69, 9.17) is 14.2 Å². The molecule has 0 saturated carbocycles. The molecule has 140 valence electrons. The Morgan fingerprint density at radius 3 is 2.73 bits per heavy atom. The fourth-order valence-electron chi connectivity index (χ4n) is 3.20. The van der Waals surface area contributed by atoms with Crippen molar-refractivity contribution in [2.75, 3.05) is 19.0 Å². The Kier molecular flexibility index (Phi) is 5.39. The van der Waals surface area contributed by atoms with Gasteiger partial charge in [-0.2, -0.15) is 0 Å². The van der Waals surface area contributed by atoms with Crippen molar-refractivity contribution in [2.45, 2.75) is 45.1 Å². The zero-order valence-electron chi connectivity index (χ0n) is 15.8. The first kappa shape index (κ1) is 18.5. The van der Waals surface area contributed by atoms with Crippen LogP contribution in [-0.2, 0) is 11.3 Å². The Bertz CT molecular complexity index is 759. The number of benzene rings is 2. The molecule has 3 rings (SSSR count). The molecule has 2 aromatic rings. The van der Waals surface area contributed by atoms with Crippen LogP contribution in [0.5, 0.6) is 11.5 Å². The van der Waals surface area contributed by atoms with Crippen LogP contribution in [0.3, 0.4) is 0 Å². The van der Waals surface area contributed by atoms with Crippen LogP contribution in [-0.4, -0.2) is 30.5 Å². The lowest BCUT2D eigenvalue weighted by molar-refractivity contribution is -0.132. The van der Waals surface area contributed by atoms with E-state index in [1.54, 1.807) is 7.11 Å². The van der Waals surface area contributed by atoms with Gasteiger partial charge in [-0.25, -0.2) is 0 Å². The van der Waals surface area contributed by atoms with Crippen molar-refractivity contribution in [1.29, 1.82) is 0 Å². The lowest BCUT2D eigenvalue weighted by Crippen LogP contribution is -2.49. The third kappa shape index (κ3) is 3.79. The van der Waals surface area contributed by atoms with Crippen LogP contribution in [0, 0.1) is 0 Å². The van der Waals surface area contributed by atoms with Crippen LogP contribution >= 0.6 is 0 Å². The molecule has 2 aromatic carbocycles. The van der Waals surface area contributed by atoms with Crippen LogP contribution in [0.25, 0.3) is 0 Å². The molecule has 1 heterocycles. The molecule has 5 nitrogen and oxygen atoms in total. The summed E-state index contributed by atoms with van der Waals surface area (Å²) in [6.45, 7) is 6.88.